The van der Waals surface area contributed by atoms with Crippen LogP contribution in [0.4, 0.5) is 11.4 Å². The topological polar surface area (TPSA) is 88.5 Å². The minimum Gasteiger partial charge on any atom is -0.325 e. The molecule has 7 nitrogen and oxygen atoms in total. The first kappa shape index (κ1) is 28.1. The smallest absolute Gasteiger partial charge is 0.308 e. The number of hydrogen-bond acceptors (Lipinski definition) is 6. The van der Waals surface area contributed by atoms with E-state index in [1.54, 1.807) is 36.4 Å². The quantitative estimate of drug-likeness (QED) is 0.203. The zero-order chi connectivity index (χ0) is 29.8. The predicted molar refractivity (Wildman–Crippen MR) is 174 cm³/mol. The number of halogens is 2. The normalized spacial score (nSPS) is 19.4. The largest absolute Gasteiger partial charge is 0.325 e. The van der Waals surface area contributed by atoms with Crippen LogP contribution in [0.5, 0.6) is 0 Å². The number of amides is 3. The summed E-state index contributed by atoms with van der Waals surface area (Å²) in [6, 6.07) is 27.6. The van der Waals surface area contributed by atoms with Crippen molar-refractivity contribution in [2.45, 2.75) is 22.7 Å². The molecule has 4 aromatic carbocycles. The Bertz CT molecular complexity index is 1990. The van der Waals surface area contributed by atoms with E-state index in [-0.39, 0.29) is 29.1 Å². The molecule has 214 valence electrons. The van der Waals surface area contributed by atoms with Crippen LogP contribution in [-0.4, -0.2) is 27.5 Å². The van der Waals surface area contributed by atoms with Crippen LogP contribution in [0.25, 0.3) is 10.8 Å². The van der Waals surface area contributed by atoms with Gasteiger partial charge in [-0.1, -0.05) is 93.1 Å². The van der Waals surface area contributed by atoms with E-state index in [0.29, 0.717) is 26.3 Å². The van der Waals surface area contributed by atoms with Crippen LogP contribution in [0.2, 0.25) is 5.02 Å². The summed E-state index contributed by atoms with van der Waals surface area (Å²) in [7, 11) is 0. The van der Waals surface area contributed by atoms with Gasteiger partial charge in [-0.15, -0.1) is 0 Å². The van der Waals surface area contributed by atoms with Crippen molar-refractivity contribution in [3.8, 4) is 0 Å². The predicted octanol–water partition coefficient (Wildman–Crippen LogP) is 6.91. The van der Waals surface area contributed by atoms with Gasteiger partial charge in [0.1, 0.15) is 11.8 Å². The van der Waals surface area contributed by atoms with Gasteiger partial charge in [-0.25, -0.2) is 4.90 Å². The van der Waals surface area contributed by atoms with Gasteiger partial charge in [0.15, 0.2) is 0 Å². The van der Waals surface area contributed by atoms with E-state index < -0.39 is 17.1 Å². The van der Waals surface area contributed by atoms with E-state index in [2.05, 4.69) is 21.2 Å². The molecule has 1 aromatic heterocycles. The molecule has 1 fully saturated rings. The third kappa shape index (κ3) is 5.02. The fraction of sp³-hybridized carbons (Fsp3) is 0.125. The first-order valence-corrected chi connectivity index (χ1v) is 16.2. The number of rotatable bonds is 5. The second kappa shape index (κ2) is 11.1. The minimum atomic E-state index is -0.770. The molecule has 0 spiro atoms. The second-order valence-corrected chi connectivity index (χ2v) is 13.8. The Kier molecular flexibility index (Phi) is 7.25. The van der Waals surface area contributed by atoms with Crippen molar-refractivity contribution in [1.82, 2.24) is 4.57 Å². The molecule has 3 amide bonds. The van der Waals surface area contributed by atoms with Gasteiger partial charge >= 0.3 is 4.87 Å². The Labute approximate surface area is 267 Å². The van der Waals surface area contributed by atoms with Crippen LogP contribution >= 0.6 is 50.6 Å². The summed E-state index contributed by atoms with van der Waals surface area (Å²) in [4.78, 5) is 56.0. The van der Waals surface area contributed by atoms with Crippen molar-refractivity contribution in [3.63, 3.8) is 0 Å². The Morgan fingerprint density at radius 1 is 0.884 bits per heavy atom. The molecule has 1 saturated heterocycles. The molecule has 0 unspecified atom stereocenters. The highest BCUT2D eigenvalue weighted by Gasteiger charge is 2.56. The molecule has 11 heteroatoms. The highest BCUT2D eigenvalue weighted by Crippen LogP contribution is 2.54. The van der Waals surface area contributed by atoms with Crippen molar-refractivity contribution in [1.29, 1.82) is 0 Å². The summed E-state index contributed by atoms with van der Waals surface area (Å²) in [6.07, 6.45) is 0. The number of benzene rings is 4. The van der Waals surface area contributed by atoms with Crippen LogP contribution in [0.3, 0.4) is 0 Å². The van der Waals surface area contributed by atoms with Crippen LogP contribution in [0.15, 0.2) is 105 Å². The van der Waals surface area contributed by atoms with E-state index >= 15 is 0 Å². The van der Waals surface area contributed by atoms with E-state index in [9.17, 15) is 19.2 Å². The zero-order valence-corrected chi connectivity index (χ0v) is 26.2. The summed E-state index contributed by atoms with van der Waals surface area (Å²) in [6.45, 7) is -0.228. The molecule has 7 rings (SSSR count). The number of nitrogens with zero attached hydrogens (tertiary/aromatic N) is 2. The van der Waals surface area contributed by atoms with E-state index in [1.807, 2.05) is 54.6 Å². The van der Waals surface area contributed by atoms with Gasteiger partial charge in [0.05, 0.1) is 16.6 Å². The fourth-order valence-corrected chi connectivity index (χ4v) is 8.90. The maximum atomic E-state index is 14.0. The molecule has 43 heavy (non-hydrogen) atoms. The molecule has 0 saturated carbocycles. The summed E-state index contributed by atoms with van der Waals surface area (Å²) in [5, 5.41) is 5.23. The number of carbonyl (C=O) groups is 3. The summed E-state index contributed by atoms with van der Waals surface area (Å²) in [5.41, 5.74) is 1.88. The van der Waals surface area contributed by atoms with Gasteiger partial charge in [0, 0.05) is 26.0 Å². The second-order valence-electron chi connectivity index (χ2n) is 10.3. The molecule has 2 aliphatic heterocycles. The molecule has 2 aliphatic rings. The number of carbonyl (C=O) groups excluding carboxylic acids is 3. The maximum absolute atomic E-state index is 14.0. The zero-order valence-electron chi connectivity index (χ0n) is 22.2. The van der Waals surface area contributed by atoms with Crippen molar-refractivity contribution >= 4 is 90.5 Å². The molecule has 5 aromatic rings. The van der Waals surface area contributed by atoms with Gasteiger partial charge in [-0.2, -0.15) is 0 Å². The number of thioether (sulfide) groups is 1. The molecule has 0 aliphatic carbocycles. The molecule has 3 atom stereocenters. The third-order valence-corrected chi connectivity index (χ3v) is 11.1. The van der Waals surface area contributed by atoms with E-state index in [4.69, 9.17) is 11.6 Å². The van der Waals surface area contributed by atoms with Crippen LogP contribution in [-0.2, 0) is 20.9 Å². The van der Waals surface area contributed by atoms with Gasteiger partial charge in [-0.3, -0.25) is 23.7 Å². The SMILES string of the molecule is O=C(Cn1c2c(sc1=O)[C@@H](c1ccc(Cl)cc1)[C@@H]1C(=O)N(c3ccc(Br)cc3)C(=O)[C@@H]1S2)Nc1ccc2ccccc2c1. The highest BCUT2D eigenvalue weighted by atomic mass is 79.9. The summed E-state index contributed by atoms with van der Waals surface area (Å²) in [5.74, 6) is -2.32. The number of nitrogens with one attached hydrogen (secondary N) is 1. The van der Waals surface area contributed by atoms with E-state index in [0.717, 1.165) is 32.1 Å². The Balaban J connectivity index is 1.26. The Morgan fingerprint density at radius 3 is 2.35 bits per heavy atom. The molecular weight excluding hydrogens is 670 g/mol. The summed E-state index contributed by atoms with van der Waals surface area (Å²) >= 11 is 11.8. The number of imide groups is 1. The lowest BCUT2D eigenvalue weighted by Crippen LogP contribution is -2.33. The first-order valence-electron chi connectivity index (χ1n) is 13.4. The van der Waals surface area contributed by atoms with Crippen LogP contribution in [0, 0.1) is 5.92 Å². The monoisotopic (exact) mass is 689 g/mol. The van der Waals surface area contributed by atoms with Gasteiger partial charge in [0.2, 0.25) is 17.7 Å². The number of thiazole rings is 1. The average Bonchev–Trinajstić information content (AvgIpc) is 3.44. The third-order valence-electron chi connectivity index (χ3n) is 7.70. The Morgan fingerprint density at radius 2 is 1.60 bits per heavy atom. The number of anilines is 2. The van der Waals surface area contributed by atoms with Gasteiger partial charge in [-0.05, 0) is 64.9 Å². The van der Waals surface area contributed by atoms with Gasteiger partial charge < -0.3 is 5.32 Å². The average molecular weight is 691 g/mol. The van der Waals surface area contributed by atoms with Crippen LogP contribution in [0.1, 0.15) is 16.4 Å². The molecule has 0 bridgehead atoms. The number of fused-ring (bicyclic) bond motifs is 3. The van der Waals surface area contributed by atoms with Crippen molar-refractivity contribution in [3.05, 3.63) is 121 Å². The summed E-state index contributed by atoms with van der Waals surface area (Å²) < 4.78 is 2.24. The van der Waals surface area contributed by atoms with Crippen molar-refractivity contribution < 1.29 is 14.4 Å². The van der Waals surface area contributed by atoms with E-state index in [1.165, 1.54) is 21.2 Å². The molecule has 1 N–H and O–H groups in total. The fourth-order valence-electron chi connectivity index (χ4n) is 5.74. The Hall–Kier alpha value is -3.70. The lowest BCUT2D eigenvalue weighted by atomic mass is 9.83. The standard InChI is InChI=1S/C32H21BrClN3O4S2/c33-20-8-13-23(14-9-20)37-29(39)26-25(18-5-10-21(34)11-6-18)28-31(42-27(26)30(37)40)36(32(41)43-28)16-24(38)35-22-12-7-17-3-1-2-4-19(17)15-22/h1-15,25-27H,16H2,(H,35,38)/t25-,26-,27+/m0/s1. The number of aromatic nitrogens is 1. The number of hydrogen-bond donors (Lipinski definition) is 1. The minimum absolute atomic E-state index is 0.228. The lowest BCUT2D eigenvalue weighted by Gasteiger charge is -2.30. The maximum Gasteiger partial charge on any atom is 0.308 e. The first-order chi connectivity index (χ1) is 20.8. The lowest BCUT2D eigenvalue weighted by molar-refractivity contribution is -0.122. The molecular formula is C32H21BrClN3O4S2. The van der Waals surface area contributed by atoms with Crippen molar-refractivity contribution in [2.24, 2.45) is 5.92 Å². The molecule has 0 radical (unpaired) electrons. The van der Waals surface area contributed by atoms with Crippen LogP contribution < -0.4 is 15.1 Å². The highest BCUT2D eigenvalue weighted by molar-refractivity contribution is 9.10. The van der Waals surface area contributed by atoms with Crippen molar-refractivity contribution in [2.75, 3.05) is 10.2 Å². The van der Waals surface area contributed by atoms with Gasteiger partial charge in [0.25, 0.3) is 0 Å². The molecule has 3 heterocycles.